The van der Waals surface area contributed by atoms with E-state index < -0.39 is 0 Å². The van der Waals surface area contributed by atoms with Gasteiger partial charge in [-0.05, 0) is 19.1 Å². The highest BCUT2D eigenvalue weighted by molar-refractivity contribution is 5.38. The van der Waals surface area contributed by atoms with E-state index in [1.54, 1.807) is 6.07 Å². The average Bonchev–Trinajstić information content (AvgIpc) is 2.19. The lowest BCUT2D eigenvalue weighted by atomic mass is 10.2. The quantitative estimate of drug-likeness (QED) is 0.725. The Morgan fingerprint density at radius 1 is 1.57 bits per heavy atom. The zero-order chi connectivity index (χ0) is 9.97. The van der Waals surface area contributed by atoms with Crippen molar-refractivity contribution in [1.82, 2.24) is 10.3 Å². The summed E-state index contributed by atoms with van der Waals surface area (Å²) in [6.45, 7) is 4.96. The fraction of sp³-hybridized carbons (Fsp3) is 0.500. The van der Waals surface area contributed by atoms with E-state index >= 15 is 0 Å². The first-order chi connectivity index (χ1) is 6.75. The van der Waals surface area contributed by atoms with Gasteiger partial charge in [0.15, 0.2) is 0 Å². The Morgan fingerprint density at radius 2 is 2.43 bits per heavy atom. The van der Waals surface area contributed by atoms with Crippen molar-refractivity contribution >= 4 is 5.82 Å². The highest BCUT2D eigenvalue weighted by atomic mass is 19.1. The second-order valence-electron chi connectivity index (χ2n) is 3.64. The van der Waals surface area contributed by atoms with Crippen molar-refractivity contribution < 1.29 is 4.39 Å². The molecule has 0 aliphatic carbocycles. The van der Waals surface area contributed by atoms with E-state index in [4.69, 9.17) is 0 Å². The van der Waals surface area contributed by atoms with E-state index in [1.165, 1.54) is 12.3 Å². The number of hydrogen-bond donors (Lipinski definition) is 1. The van der Waals surface area contributed by atoms with Crippen molar-refractivity contribution in [3.05, 3.63) is 24.1 Å². The first-order valence-electron chi connectivity index (χ1n) is 4.85. The van der Waals surface area contributed by atoms with E-state index in [9.17, 15) is 4.39 Å². The zero-order valence-electron chi connectivity index (χ0n) is 8.20. The van der Waals surface area contributed by atoms with Gasteiger partial charge in [-0.3, -0.25) is 0 Å². The molecular formula is C10H14FN3. The molecule has 2 rings (SSSR count). The molecule has 1 saturated heterocycles. The van der Waals surface area contributed by atoms with Gasteiger partial charge in [0.1, 0.15) is 11.6 Å². The van der Waals surface area contributed by atoms with Gasteiger partial charge in [0, 0.05) is 25.7 Å². The standard InChI is InChI=1S/C10H14FN3/c1-8-7-14(5-4-12-8)10-3-2-9(11)6-13-10/h2-3,6,8,12H,4-5,7H2,1H3. The van der Waals surface area contributed by atoms with Crippen molar-refractivity contribution in [3.63, 3.8) is 0 Å². The summed E-state index contributed by atoms with van der Waals surface area (Å²) in [6, 6.07) is 3.65. The Hall–Kier alpha value is -1.16. The maximum Gasteiger partial charge on any atom is 0.141 e. The summed E-state index contributed by atoms with van der Waals surface area (Å²) in [5.74, 6) is 0.580. The Balaban J connectivity index is 2.10. The number of aromatic nitrogens is 1. The molecule has 1 aromatic heterocycles. The average molecular weight is 195 g/mol. The topological polar surface area (TPSA) is 28.2 Å². The zero-order valence-corrected chi connectivity index (χ0v) is 8.20. The van der Waals surface area contributed by atoms with Crippen LogP contribution in [-0.4, -0.2) is 30.7 Å². The minimum Gasteiger partial charge on any atom is -0.354 e. The summed E-state index contributed by atoms with van der Waals surface area (Å²) in [6.07, 6.45) is 1.27. The summed E-state index contributed by atoms with van der Waals surface area (Å²) < 4.78 is 12.6. The summed E-state index contributed by atoms with van der Waals surface area (Å²) in [4.78, 5) is 6.23. The molecule has 0 amide bonds. The third kappa shape index (κ3) is 2.01. The molecule has 1 aliphatic rings. The molecule has 2 heterocycles. The van der Waals surface area contributed by atoms with Gasteiger partial charge < -0.3 is 10.2 Å². The summed E-state index contributed by atoms with van der Waals surface area (Å²) in [5.41, 5.74) is 0. The first kappa shape index (κ1) is 9.40. The van der Waals surface area contributed by atoms with Crippen LogP contribution in [0.2, 0.25) is 0 Å². The molecule has 0 bridgehead atoms. The van der Waals surface area contributed by atoms with Crippen molar-refractivity contribution in [2.75, 3.05) is 24.5 Å². The number of anilines is 1. The van der Waals surface area contributed by atoms with Gasteiger partial charge in [-0.15, -0.1) is 0 Å². The molecule has 0 spiro atoms. The lowest BCUT2D eigenvalue weighted by molar-refractivity contribution is 0.482. The number of hydrogen-bond acceptors (Lipinski definition) is 3. The van der Waals surface area contributed by atoms with Crippen LogP contribution >= 0.6 is 0 Å². The maximum absolute atomic E-state index is 12.6. The molecule has 4 heteroatoms. The number of piperazine rings is 1. The molecular weight excluding hydrogens is 181 g/mol. The van der Waals surface area contributed by atoms with Crippen LogP contribution in [0.1, 0.15) is 6.92 Å². The molecule has 1 N–H and O–H groups in total. The Labute approximate surface area is 82.9 Å². The minimum absolute atomic E-state index is 0.281. The normalized spacial score (nSPS) is 22.4. The highest BCUT2D eigenvalue weighted by Crippen LogP contribution is 2.12. The van der Waals surface area contributed by atoms with Crippen molar-refractivity contribution in [3.8, 4) is 0 Å². The van der Waals surface area contributed by atoms with Gasteiger partial charge in [0.25, 0.3) is 0 Å². The molecule has 1 fully saturated rings. The lowest BCUT2D eigenvalue weighted by Crippen LogP contribution is -2.49. The highest BCUT2D eigenvalue weighted by Gasteiger charge is 2.16. The molecule has 14 heavy (non-hydrogen) atoms. The van der Waals surface area contributed by atoms with E-state index in [1.807, 2.05) is 0 Å². The molecule has 76 valence electrons. The van der Waals surface area contributed by atoms with E-state index in [-0.39, 0.29) is 5.82 Å². The number of pyridine rings is 1. The van der Waals surface area contributed by atoms with Crippen LogP contribution in [0.15, 0.2) is 18.3 Å². The van der Waals surface area contributed by atoms with Crippen molar-refractivity contribution in [1.29, 1.82) is 0 Å². The molecule has 1 aliphatic heterocycles. The smallest absolute Gasteiger partial charge is 0.141 e. The second-order valence-corrected chi connectivity index (χ2v) is 3.64. The molecule has 1 unspecified atom stereocenters. The van der Waals surface area contributed by atoms with Gasteiger partial charge in [-0.1, -0.05) is 0 Å². The predicted octanol–water partition coefficient (Wildman–Crippen LogP) is 1.02. The summed E-state index contributed by atoms with van der Waals surface area (Å²) in [7, 11) is 0. The fourth-order valence-corrected chi connectivity index (χ4v) is 1.70. The third-order valence-electron chi connectivity index (χ3n) is 2.40. The predicted molar refractivity (Wildman–Crippen MR) is 53.9 cm³/mol. The van der Waals surface area contributed by atoms with Gasteiger partial charge in [-0.25, -0.2) is 9.37 Å². The number of nitrogens with one attached hydrogen (secondary N) is 1. The monoisotopic (exact) mass is 195 g/mol. The van der Waals surface area contributed by atoms with Crippen LogP contribution in [0.5, 0.6) is 0 Å². The van der Waals surface area contributed by atoms with Crippen LogP contribution in [0, 0.1) is 5.82 Å². The lowest BCUT2D eigenvalue weighted by Gasteiger charge is -2.32. The molecule has 0 radical (unpaired) electrons. The molecule has 1 aromatic rings. The van der Waals surface area contributed by atoms with Crippen LogP contribution in [0.4, 0.5) is 10.2 Å². The Morgan fingerprint density at radius 3 is 3.07 bits per heavy atom. The van der Waals surface area contributed by atoms with Gasteiger partial charge in [-0.2, -0.15) is 0 Å². The molecule has 3 nitrogen and oxygen atoms in total. The van der Waals surface area contributed by atoms with E-state index in [0.717, 1.165) is 25.5 Å². The molecule has 0 saturated carbocycles. The first-order valence-corrected chi connectivity index (χ1v) is 4.85. The van der Waals surface area contributed by atoms with Gasteiger partial charge in [0.2, 0.25) is 0 Å². The van der Waals surface area contributed by atoms with Gasteiger partial charge in [0.05, 0.1) is 6.20 Å². The molecule has 1 atom stereocenters. The van der Waals surface area contributed by atoms with Crippen molar-refractivity contribution in [2.45, 2.75) is 13.0 Å². The van der Waals surface area contributed by atoms with Crippen LogP contribution < -0.4 is 10.2 Å². The van der Waals surface area contributed by atoms with E-state index in [2.05, 4.69) is 22.1 Å². The largest absolute Gasteiger partial charge is 0.354 e. The van der Waals surface area contributed by atoms with Crippen LogP contribution in [0.25, 0.3) is 0 Å². The van der Waals surface area contributed by atoms with Gasteiger partial charge >= 0.3 is 0 Å². The summed E-state index contributed by atoms with van der Waals surface area (Å²) >= 11 is 0. The van der Waals surface area contributed by atoms with Crippen LogP contribution in [0.3, 0.4) is 0 Å². The Kier molecular flexibility index (Phi) is 2.63. The number of halogens is 1. The van der Waals surface area contributed by atoms with Crippen LogP contribution in [-0.2, 0) is 0 Å². The van der Waals surface area contributed by atoms with E-state index in [0.29, 0.717) is 6.04 Å². The fourth-order valence-electron chi connectivity index (χ4n) is 1.70. The summed E-state index contributed by atoms with van der Waals surface area (Å²) in [5, 5.41) is 3.35. The number of nitrogens with zero attached hydrogens (tertiary/aromatic N) is 2. The third-order valence-corrected chi connectivity index (χ3v) is 2.40. The van der Waals surface area contributed by atoms with Crippen molar-refractivity contribution in [2.24, 2.45) is 0 Å². The minimum atomic E-state index is -0.281. The molecule has 0 aromatic carbocycles. The SMILES string of the molecule is CC1CN(c2ccc(F)cn2)CCN1. The number of rotatable bonds is 1. The Bertz CT molecular complexity index is 299. The maximum atomic E-state index is 12.6. The second kappa shape index (κ2) is 3.92.